The zero-order valence-electron chi connectivity index (χ0n) is 13.8. The Morgan fingerprint density at radius 3 is 2.43 bits per heavy atom. The van der Waals surface area contributed by atoms with Crippen LogP contribution in [0, 0.1) is 0 Å². The van der Waals surface area contributed by atoms with Crippen LogP contribution in [0.25, 0.3) is 22.4 Å². The number of fused-ring (bicyclic) bond motifs is 1. The molecule has 0 atom stereocenters. The van der Waals surface area contributed by atoms with Gasteiger partial charge in [-0.05, 0) is 60.7 Å². The molecule has 1 aliphatic heterocycles. The first-order valence-electron chi connectivity index (χ1n) is 8.56. The molecule has 0 unspecified atom stereocenters. The second-order valence-electron chi connectivity index (χ2n) is 6.76. The zero-order chi connectivity index (χ0) is 15.8. The van der Waals surface area contributed by atoms with Crippen molar-refractivity contribution in [2.24, 2.45) is 0 Å². The molecule has 3 aromatic rings. The molecule has 1 N–H and O–H groups in total. The van der Waals surface area contributed by atoms with Crippen molar-refractivity contribution < 1.29 is 0 Å². The molecule has 118 valence electrons. The first-order valence-corrected chi connectivity index (χ1v) is 8.56. The highest BCUT2D eigenvalue weighted by molar-refractivity contribution is 5.80. The molecule has 1 saturated heterocycles. The number of rotatable bonds is 3. The Morgan fingerprint density at radius 1 is 1.00 bits per heavy atom. The van der Waals surface area contributed by atoms with Gasteiger partial charge >= 0.3 is 0 Å². The molecule has 1 aliphatic rings. The van der Waals surface area contributed by atoms with Gasteiger partial charge in [-0.15, -0.1) is 0 Å². The number of hydrogen-bond donors (Lipinski definition) is 1. The van der Waals surface area contributed by atoms with Crippen LogP contribution < -0.4 is 4.90 Å². The second kappa shape index (κ2) is 5.73. The number of H-pyrrole nitrogens is 1. The van der Waals surface area contributed by atoms with Gasteiger partial charge in [0, 0.05) is 24.3 Å². The number of hydrogen-bond acceptors (Lipinski definition) is 2. The van der Waals surface area contributed by atoms with Gasteiger partial charge in [-0.3, -0.25) is 0 Å². The predicted octanol–water partition coefficient (Wildman–Crippen LogP) is 4.95. The lowest BCUT2D eigenvalue weighted by molar-refractivity contribution is 0.868. The van der Waals surface area contributed by atoms with E-state index in [9.17, 15) is 0 Å². The van der Waals surface area contributed by atoms with Gasteiger partial charge in [-0.2, -0.15) is 0 Å². The number of imidazole rings is 1. The molecular formula is C20H23N3. The molecule has 0 radical (unpaired) electrons. The standard InChI is InChI=1S/C20H23N3/c1-14(2)16-7-10-18-19(13-16)22-20(21-18)15-5-8-17(9-6-15)23-11-3-4-12-23/h5-10,13-14H,3-4,11-12H2,1-2H3,(H,21,22). The minimum absolute atomic E-state index is 0.533. The van der Waals surface area contributed by atoms with Crippen LogP contribution in [0.15, 0.2) is 42.5 Å². The summed E-state index contributed by atoms with van der Waals surface area (Å²) in [7, 11) is 0. The maximum atomic E-state index is 4.74. The topological polar surface area (TPSA) is 31.9 Å². The summed E-state index contributed by atoms with van der Waals surface area (Å²) in [5.41, 5.74) is 5.97. The lowest BCUT2D eigenvalue weighted by atomic mass is 10.0. The summed E-state index contributed by atoms with van der Waals surface area (Å²) in [5.74, 6) is 1.49. The molecule has 3 nitrogen and oxygen atoms in total. The zero-order valence-corrected chi connectivity index (χ0v) is 13.8. The Hall–Kier alpha value is -2.29. The lowest BCUT2D eigenvalue weighted by Crippen LogP contribution is -2.17. The third-order valence-electron chi connectivity index (χ3n) is 4.78. The molecule has 0 spiro atoms. The summed E-state index contributed by atoms with van der Waals surface area (Å²) in [6.07, 6.45) is 2.62. The van der Waals surface area contributed by atoms with Gasteiger partial charge in [-0.25, -0.2) is 4.98 Å². The van der Waals surface area contributed by atoms with Crippen LogP contribution in [0.2, 0.25) is 0 Å². The normalized spacial score (nSPS) is 15.0. The highest BCUT2D eigenvalue weighted by Crippen LogP contribution is 2.26. The first kappa shape index (κ1) is 14.3. The smallest absolute Gasteiger partial charge is 0.138 e. The summed E-state index contributed by atoms with van der Waals surface area (Å²) in [6.45, 7) is 6.80. The van der Waals surface area contributed by atoms with E-state index < -0.39 is 0 Å². The van der Waals surface area contributed by atoms with Crippen molar-refractivity contribution in [1.29, 1.82) is 0 Å². The number of aromatic nitrogens is 2. The Labute approximate surface area is 137 Å². The summed E-state index contributed by atoms with van der Waals surface area (Å²) in [5, 5.41) is 0. The van der Waals surface area contributed by atoms with Gasteiger partial charge in [0.05, 0.1) is 11.0 Å². The molecule has 2 aromatic carbocycles. The molecule has 0 saturated carbocycles. The number of nitrogens with one attached hydrogen (secondary N) is 1. The number of benzene rings is 2. The Balaban J connectivity index is 1.65. The average Bonchev–Trinajstić information content (AvgIpc) is 3.23. The third-order valence-corrected chi connectivity index (χ3v) is 4.78. The second-order valence-corrected chi connectivity index (χ2v) is 6.76. The van der Waals surface area contributed by atoms with Crippen molar-refractivity contribution in [3.05, 3.63) is 48.0 Å². The minimum Gasteiger partial charge on any atom is -0.372 e. The fourth-order valence-corrected chi connectivity index (χ4v) is 3.33. The van der Waals surface area contributed by atoms with E-state index in [1.165, 1.54) is 37.2 Å². The van der Waals surface area contributed by atoms with Crippen molar-refractivity contribution in [3.63, 3.8) is 0 Å². The van der Waals surface area contributed by atoms with Gasteiger partial charge in [-0.1, -0.05) is 19.9 Å². The molecule has 0 bridgehead atoms. The highest BCUT2D eigenvalue weighted by Gasteiger charge is 2.13. The quantitative estimate of drug-likeness (QED) is 0.742. The van der Waals surface area contributed by atoms with Crippen molar-refractivity contribution in [2.75, 3.05) is 18.0 Å². The van der Waals surface area contributed by atoms with Crippen LogP contribution in [0.5, 0.6) is 0 Å². The minimum atomic E-state index is 0.533. The van der Waals surface area contributed by atoms with Crippen molar-refractivity contribution in [2.45, 2.75) is 32.6 Å². The van der Waals surface area contributed by atoms with Crippen LogP contribution in [-0.2, 0) is 0 Å². The molecule has 23 heavy (non-hydrogen) atoms. The predicted molar refractivity (Wildman–Crippen MR) is 97.1 cm³/mol. The highest BCUT2D eigenvalue weighted by atomic mass is 15.1. The number of anilines is 1. The molecule has 1 fully saturated rings. The van der Waals surface area contributed by atoms with Gasteiger partial charge in [0.2, 0.25) is 0 Å². The van der Waals surface area contributed by atoms with Crippen LogP contribution >= 0.6 is 0 Å². The average molecular weight is 305 g/mol. The molecule has 1 aromatic heterocycles. The van der Waals surface area contributed by atoms with Crippen molar-refractivity contribution in [3.8, 4) is 11.4 Å². The Kier molecular flexibility index (Phi) is 3.56. The molecule has 2 heterocycles. The first-order chi connectivity index (χ1) is 11.2. The van der Waals surface area contributed by atoms with Crippen molar-refractivity contribution >= 4 is 16.7 Å². The molecule has 4 rings (SSSR count). The monoisotopic (exact) mass is 305 g/mol. The van der Waals surface area contributed by atoms with Gasteiger partial charge in [0.25, 0.3) is 0 Å². The van der Waals surface area contributed by atoms with Gasteiger partial charge < -0.3 is 9.88 Å². The summed E-state index contributed by atoms with van der Waals surface area (Å²) in [4.78, 5) is 10.7. The summed E-state index contributed by atoms with van der Waals surface area (Å²) in [6, 6.07) is 15.3. The van der Waals surface area contributed by atoms with E-state index in [0.717, 1.165) is 22.4 Å². The van der Waals surface area contributed by atoms with Crippen LogP contribution in [-0.4, -0.2) is 23.1 Å². The SMILES string of the molecule is CC(C)c1ccc2nc(-c3ccc(N4CCCC4)cc3)[nH]c2c1. The van der Waals surface area contributed by atoms with E-state index in [0.29, 0.717) is 5.92 Å². The lowest BCUT2D eigenvalue weighted by Gasteiger charge is -2.17. The van der Waals surface area contributed by atoms with E-state index >= 15 is 0 Å². The van der Waals surface area contributed by atoms with E-state index in [4.69, 9.17) is 4.98 Å². The van der Waals surface area contributed by atoms with Crippen LogP contribution in [0.4, 0.5) is 5.69 Å². The largest absolute Gasteiger partial charge is 0.372 e. The maximum absolute atomic E-state index is 4.74. The fourth-order valence-electron chi connectivity index (χ4n) is 3.33. The fraction of sp³-hybridized carbons (Fsp3) is 0.350. The van der Waals surface area contributed by atoms with Crippen LogP contribution in [0.1, 0.15) is 38.2 Å². The van der Waals surface area contributed by atoms with Crippen molar-refractivity contribution in [1.82, 2.24) is 9.97 Å². The maximum Gasteiger partial charge on any atom is 0.138 e. The Morgan fingerprint density at radius 2 is 1.74 bits per heavy atom. The van der Waals surface area contributed by atoms with E-state index in [2.05, 4.69) is 66.2 Å². The number of aromatic amines is 1. The number of nitrogens with zero attached hydrogens (tertiary/aromatic N) is 2. The van der Waals surface area contributed by atoms with Crippen LogP contribution in [0.3, 0.4) is 0 Å². The van der Waals surface area contributed by atoms with E-state index in [1.807, 2.05) is 0 Å². The van der Waals surface area contributed by atoms with Gasteiger partial charge in [0.1, 0.15) is 5.82 Å². The molecular weight excluding hydrogens is 282 g/mol. The van der Waals surface area contributed by atoms with E-state index in [1.54, 1.807) is 0 Å². The third kappa shape index (κ3) is 2.72. The Bertz CT molecular complexity index is 809. The van der Waals surface area contributed by atoms with Gasteiger partial charge in [0.15, 0.2) is 0 Å². The molecule has 3 heteroatoms. The molecule has 0 aliphatic carbocycles. The summed E-state index contributed by atoms with van der Waals surface area (Å²) >= 11 is 0. The molecule has 0 amide bonds. The van der Waals surface area contributed by atoms with E-state index in [-0.39, 0.29) is 0 Å². The summed E-state index contributed by atoms with van der Waals surface area (Å²) < 4.78 is 0.